The molecule has 3 N–H and O–H groups in total. The Bertz CT molecular complexity index is 852. The van der Waals surface area contributed by atoms with E-state index in [1.54, 1.807) is 26.4 Å². The van der Waals surface area contributed by atoms with Crippen LogP contribution in [0.2, 0.25) is 0 Å². The average Bonchev–Trinajstić information content (AvgIpc) is 2.83. The summed E-state index contributed by atoms with van der Waals surface area (Å²) in [6.07, 6.45) is 1.41. The van der Waals surface area contributed by atoms with Crippen LogP contribution in [-0.4, -0.2) is 62.4 Å². The van der Waals surface area contributed by atoms with Crippen molar-refractivity contribution < 1.29 is 14.6 Å². The molecule has 3 rings (SSSR count). The first-order valence-electron chi connectivity index (χ1n) is 11.3. The van der Waals surface area contributed by atoms with E-state index in [9.17, 15) is 5.11 Å². The third-order valence-corrected chi connectivity index (χ3v) is 5.74. The fourth-order valence-electron chi connectivity index (χ4n) is 3.93. The normalized spacial score (nSPS) is 16.4. The van der Waals surface area contributed by atoms with E-state index in [2.05, 4.69) is 50.9 Å². The van der Waals surface area contributed by atoms with Crippen LogP contribution in [0.5, 0.6) is 11.5 Å². The first kappa shape index (κ1) is 23.9. The van der Waals surface area contributed by atoms with E-state index < -0.39 is 6.10 Å². The van der Waals surface area contributed by atoms with Crippen molar-refractivity contribution >= 4 is 5.96 Å². The molecule has 0 bridgehead atoms. The van der Waals surface area contributed by atoms with Crippen molar-refractivity contribution in [3.05, 3.63) is 59.7 Å². The highest BCUT2D eigenvalue weighted by Crippen LogP contribution is 2.30. The lowest BCUT2D eigenvalue weighted by Gasteiger charge is -2.33. The lowest BCUT2D eigenvalue weighted by atomic mass is 10.0. The van der Waals surface area contributed by atoms with Crippen molar-refractivity contribution in [1.29, 1.82) is 0 Å². The molecule has 1 atom stereocenters. The SMILES string of the molecule is CCNC(=NCC(O)c1ccc(OC)c(OC)c1)NC1CCN(Cc2ccccc2)CC1. The molecule has 174 valence electrons. The smallest absolute Gasteiger partial charge is 0.191 e. The van der Waals surface area contributed by atoms with Gasteiger partial charge in [-0.15, -0.1) is 0 Å². The number of benzene rings is 2. The summed E-state index contributed by atoms with van der Waals surface area (Å²) in [4.78, 5) is 7.13. The van der Waals surface area contributed by atoms with Gasteiger partial charge < -0.3 is 25.2 Å². The van der Waals surface area contributed by atoms with E-state index in [1.165, 1.54) is 5.56 Å². The monoisotopic (exact) mass is 440 g/mol. The summed E-state index contributed by atoms with van der Waals surface area (Å²) < 4.78 is 10.6. The molecule has 1 aliphatic heterocycles. The summed E-state index contributed by atoms with van der Waals surface area (Å²) in [5, 5.41) is 17.5. The van der Waals surface area contributed by atoms with Crippen molar-refractivity contribution in [2.45, 2.75) is 38.5 Å². The van der Waals surface area contributed by atoms with Gasteiger partial charge in [0.15, 0.2) is 17.5 Å². The fourth-order valence-corrected chi connectivity index (χ4v) is 3.93. The maximum absolute atomic E-state index is 10.6. The van der Waals surface area contributed by atoms with Crippen molar-refractivity contribution in [3.63, 3.8) is 0 Å². The molecule has 1 aliphatic rings. The predicted octanol–water partition coefficient (Wildman–Crippen LogP) is 2.96. The third kappa shape index (κ3) is 6.87. The van der Waals surface area contributed by atoms with Gasteiger partial charge in [-0.2, -0.15) is 0 Å². The Balaban J connectivity index is 1.52. The van der Waals surface area contributed by atoms with Gasteiger partial charge in [-0.05, 0) is 43.0 Å². The van der Waals surface area contributed by atoms with E-state index in [1.807, 2.05) is 13.0 Å². The number of nitrogens with one attached hydrogen (secondary N) is 2. The molecule has 7 heteroatoms. The fraction of sp³-hybridized carbons (Fsp3) is 0.480. The standard InChI is InChI=1S/C25H36N4O3/c1-4-26-25(27-17-22(30)20-10-11-23(31-2)24(16-20)32-3)28-21-12-14-29(15-13-21)18-19-8-6-5-7-9-19/h5-11,16,21-22,30H,4,12-15,17-18H2,1-3H3,(H2,26,27,28). The molecule has 2 aromatic rings. The number of ether oxygens (including phenoxy) is 2. The number of likely N-dealkylation sites (tertiary alicyclic amines) is 1. The van der Waals surface area contributed by atoms with Crippen molar-refractivity contribution in [2.24, 2.45) is 4.99 Å². The van der Waals surface area contributed by atoms with Gasteiger partial charge in [0.25, 0.3) is 0 Å². The van der Waals surface area contributed by atoms with Crippen molar-refractivity contribution in [2.75, 3.05) is 40.4 Å². The minimum Gasteiger partial charge on any atom is -0.493 e. The second kappa shape index (κ2) is 12.3. The molecule has 0 aromatic heterocycles. The molecule has 0 amide bonds. The Hall–Kier alpha value is -2.77. The van der Waals surface area contributed by atoms with Gasteiger partial charge in [-0.1, -0.05) is 36.4 Å². The largest absolute Gasteiger partial charge is 0.493 e. The summed E-state index contributed by atoms with van der Waals surface area (Å²) in [5.41, 5.74) is 2.11. The van der Waals surface area contributed by atoms with E-state index in [4.69, 9.17) is 9.47 Å². The summed E-state index contributed by atoms with van der Waals surface area (Å²) in [5.74, 6) is 1.98. The third-order valence-electron chi connectivity index (χ3n) is 5.74. The summed E-state index contributed by atoms with van der Waals surface area (Å²) in [7, 11) is 3.18. The minimum atomic E-state index is -0.724. The zero-order valence-electron chi connectivity index (χ0n) is 19.4. The van der Waals surface area contributed by atoms with Crippen LogP contribution in [0.1, 0.15) is 37.0 Å². The van der Waals surface area contributed by atoms with E-state index >= 15 is 0 Å². The number of hydrogen-bond donors (Lipinski definition) is 3. The van der Waals surface area contributed by atoms with Gasteiger partial charge in [-0.25, -0.2) is 0 Å². The number of hydrogen-bond acceptors (Lipinski definition) is 5. The van der Waals surface area contributed by atoms with E-state index in [0.29, 0.717) is 17.5 Å². The van der Waals surface area contributed by atoms with Gasteiger partial charge >= 0.3 is 0 Å². The molecule has 0 radical (unpaired) electrons. The Labute approximate surface area is 191 Å². The molecule has 1 fully saturated rings. The van der Waals surface area contributed by atoms with Crippen LogP contribution >= 0.6 is 0 Å². The first-order chi connectivity index (χ1) is 15.6. The quantitative estimate of drug-likeness (QED) is 0.411. The van der Waals surface area contributed by atoms with Crippen LogP contribution in [0.4, 0.5) is 0 Å². The molecule has 0 spiro atoms. The number of guanidine groups is 1. The number of rotatable bonds is 9. The number of nitrogens with zero attached hydrogens (tertiary/aromatic N) is 2. The molecule has 1 saturated heterocycles. The number of methoxy groups -OCH3 is 2. The second-order valence-corrected chi connectivity index (χ2v) is 8.03. The Morgan fingerprint density at radius 1 is 1.09 bits per heavy atom. The van der Waals surface area contributed by atoms with Crippen LogP contribution in [-0.2, 0) is 6.54 Å². The van der Waals surface area contributed by atoms with Crippen LogP contribution in [0, 0.1) is 0 Å². The molecule has 7 nitrogen and oxygen atoms in total. The number of aliphatic hydroxyl groups excluding tert-OH is 1. The lowest BCUT2D eigenvalue weighted by molar-refractivity contribution is 0.185. The summed E-state index contributed by atoms with van der Waals surface area (Å²) >= 11 is 0. The molecule has 1 unspecified atom stereocenters. The lowest BCUT2D eigenvalue weighted by Crippen LogP contribution is -2.48. The predicted molar refractivity (Wildman–Crippen MR) is 128 cm³/mol. The van der Waals surface area contributed by atoms with Crippen molar-refractivity contribution in [3.8, 4) is 11.5 Å². The summed E-state index contributed by atoms with van der Waals surface area (Å²) in [6.45, 7) is 6.19. The van der Waals surface area contributed by atoms with Gasteiger partial charge in [-0.3, -0.25) is 9.89 Å². The highest BCUT2D eigenvalue weighted by atomic mass is 16.5. The highest BCUT2D eigenvalue weighted by Gasteiger charge is 2.20. The minimum absolute atomic E-state index is 0.262. The molecule has 0 saturated carbocycles. The summed E-state index contributed by atoms with van der Waals surface area (Å²) in [6, 6.07) is 16.4. The second-order valence-electron chi connectivity index (χ2n) is 8.03. The molecule has 2 aromatic carbocycles. The maximum atomic E-state index is 10.6. The average molecular weight is 441 g/mol. The topological polar surface area (TPSA) is 78.4 Å². The maximum Gasteiger partial charge on any atom is 0.191 e. The zero-order chi connectivity index (χ0) is 22.8. The van der Waals surface area contributed by atoms with Gasteiger partial charge in [0, 0.05) is 32.2 Å². The van der Waals surface area contributed by atoms with Gasteiger partial charge in [0.2, 0.25) is 0 Å². The Morgan fingerprint density at radius 2 is 1.81 bits per heavy atom. The van der Waals surface area contributed by atoms with Crippen LogP contribution in [0.3, 0.4) is 0 Å². The van der Waals surface area contributed by atoms with Gasteiger partial charge in [0.1, 0.15) is 0 Å². The van der Waals surface area contributed by atoms with E-state index in [0.717, 1.165) is 50.5 Å². The Kier molecular flexibility index (Phi) is 9.19. The van der Waals surface area contributed by atoms with Crippen molar-refractivity contribution in [1.82, 2.24) is 15.5 Å². The molecular formula is C25H36N4O3. The van der Waals surface area contributed by atoms with Crippen LogP contribution in [0.25, 0.3) is 0 Å². The number of piperidine rings is 1. The first-order valence-corrected chi connectivity index (χ1v) is 11.3. The highest BCUT2D eigenvalue weighted by molar-refractivity contribution is 5.80. The zero-order valence-corrected chi connectivity index (χ0v) is 19.4. The van der Waals surface area contributed by atoms with Gasteiger partial charge in [0.05, 0.1) is 26.9 Å². The number of aliphatic hydroxyl groups is 1. The van der Waals surface area contributed by atoms with Crippen LogP contribution < -0.4 is 20.1 Å². The molecule has 32 heavy (non-hydrogen) atoms. The van der Waals surface area contributed by atoms with E-state index in [-0.39, 0.29) is 6.54 Å². The molecule has 1 heterocycles. The number of aliphatic imine (C=N–C) groups is 1. The Morgan fingerprint density at radius 3 is 2.47 bits per heavy atom. The van der Waals surface area contributed by atoms with Crippen LogP contribution in [0.15, 0.2) is 53.5 Å². The molecule has 0 aliphatic carbocycles. The molecular weight excluding hydrogens is 404 g/mol.